The van der Waals surface area contributed by atoms with E-state index >= 15 is 0 Å². The molecule has 0 aliphatic heterocycles. The molecule has 4 unspecified atom stereocenters. The van der Waals surface area contributed by atoms with Gasteiger partial charge in [-0.15, -0.1) is 0 Å². The summed E-state index contributed by atoms with van der Waals surface area (Å²) in [7, 11) is 1.35. The van der Waals surface area contributed by atoms with Crippen LogP contribution in [-0.2, 0) is 9.47 Å². The van der Waals surface area contributed by atoms with Crippen LogP contribution in [0.4, 0.5) is 8.78 Å². The first-order chi connectivity index (χ1) is 20.1. The van der Waals surface area contributed by atoms with Crippen molar-refractivity contribution in [3.63, 3.8) is 0 Å². The van der Waals surface area contributed by atoms with Gasteiger partial charge in [0.25, 0.3) is 0 Å². The number of halogens is 2. The monoisotopic (exact) mass is 593 g/mol. The molecule has 0 N–H and O–H groups in total. The van der Waals surface area contributed by atoms with Crippen LogP contribution >= 0.6 is 0 Å². The lowest BCUT2D eigenvalue weighted by Gasteiger charge is -2.38. The molecule has 0 aromatic heterocycles. The van der Waals surface area contributed by atoms with E-state index in [1.165, 1.54) is 103 Å². The van der Waals surface area contributed by atoms with E-state index in [1.807, 2.05) is 0 Å². The summed E-state index contributed by atoms with van der Waals surface area (Å²) in [5.74, 6) is 6.19. The molecule has 0 amide bonds. The molecule has 0 saturated heterocycles. The smallest absolute Gasteiger partial charge is 0.196 e. The molecule has 0 spiro atoms. The standard InChI is InChI=1S/C30H56O.C8H10F2O/c1-6-7-25-10-17-30(23(4)19-25)20-24(5)31-21-27-11-15-29(16-12-27)28-13-8-26(9-14-28)18-22(2)3;1-5-3-4-6(11-2)8(10)7(5)9/h22-30H,6-21H2,1-5H3;3-4H2,1-2H3. The fourth-order valence-corrected chi connectivity index (χ4v) is 8.80. The summed E-state index contributed by atoms with van der Waals surface area (Å²) in [5, 5.41) is 0. The van der Waals surface area contributed by atoms with Crippen molar-refractivity contribution < 1.29 is 18.3 Å². The highest BCUT2D eigenvalue weighted by Crippen LogP contribution is 2.43. The number of allylic oxidation sites excluding steroid dienone is 4. The van der Waals surface area contributed by atoms with Crippen LogP contribution < -0.4 is 0 Å². The fraction of sp³-hybridized carbons (Fsp3) is 0.895. The van der Waals surface area contributed by atoms with Crippen LogP contribution in [0, 0.1) is 47.3 Å². The highest BCUT2D eigenvalue weighted by atomic mass is 19.2. The zero-order valence-corrected chi connectivity index (χ0v) is 28.5. The van der Waals surface area contributed by atoms with Crippen LogP contribution in [0.15, 0.2) is 23.0 Å². The number of hydrogen-bond acceptors (Lipinski definition) is 2. The van der Waals surface area contributed by atoms with Crippen LogP contribution in [0.3, 0.4) is 0 Å². The largest absolute Gasteiger partial charge is 0.498 e. The van der Waals surface area contributed by atoms with Gasteiger partial charge < -0.3 is 9.47 Å². The van der Waals surface area contributed by atoms with Crippen LogP contribution in [0.25, 0.3) is 0 Å². The maximum atomic E-state index is 12.8. The van der Waals surface area contributed by atoms with Crippen LogP contribution in [0.2, 0.25) is 0 Å². The Balaban J connectivity index is 0.000000369. The number of methoxy groups -OCH3 is 1. The molecule has 2 nitrogen and oxygen atoms in total. The second kappa shape index (κ2) is 18.2. The lowest BCUT2D eigenvalue weighted by molar-refractivity contribution is -0.000192. The average Bonchev–Trinajstić information content (AvgIpc) is 2.97. The van der Waals surface area contributed by atoms with Gasteiger partial charge in [0.1, 0.15) is 5.76 Å². The zero-order chi connectivity index (χ0) is 30.6. The molecule has 0 aromatic rings. The van der Waals surface area contributed by atoms with Crippen LogP contribution in [0.5, 0.6) is 0 Å². The minimum absolute atomic E-state index is 0.119. The van der Waals surface area contributed by atoms with Crippen molar-refractivity contribution >= 4 is 0 Å². The van der Waals surface area contributed by atoms with Crippen molar-refractivity contribution in [2.24, 2.45) is 47.3 Å². The Morgan fingerprint density at radius 3 is 1.90 bits per heavy atom. The Morgan fingerprint density at radius 1 is 0.762 bits per heavy atom. The Morgan fingerprint density at radius 2 is 1.36 bits per heavy atom. The first kappa shape index (κ1) is 35.6. The van der Waals surface area contributed by atoms with Gasteiger partial charge in [0.15, 0.2) is 11.7 Å². The Kier molecular flexibility index (Phi) is 15.4. The topological polar surface area (TPSA) is 18.5 Å². The fourth-order valence-electron chi connectivity index (χ4n) is 8.80. The van der Waals surface area contributed by atoms with E-state index in [0.717, 1.165) is 54.0 Å². The van der Waals surface area contributed by atoms with Gasteiger partial charge in [-0.25, -0.2) is 8.78 Å². The molecule has 0 heterocycles. The van der Waals surface area contributed by atoms with Crippen molar-refractivity contribution in [2.45, 2.75) is 157 Å². The van der Waals surface area contributed by atoms with E-state index in [4.69, 9.17) is 4.74 Å². The van der Waals surface area contributed by atoms with Gasteiger partial charge in [0.05, 0.1) is 13.2 Å². The van der Waals surface area contributed by atoms with E-state index < -0.39 is 11.7 Å². The molecule has 42 heavy (non-hydrogen) atoms. The molecule has 0 bridgehead atoms. The summed E-state index contributed by atoms with van der Waals surface area (Å²) in [6.45, 7) is 14.6. The van der Waals surface area contributed by atoms with Gasteiger partial charge in [-0.2, -0.15) is 0 Å². The lowest BCUT2D eigenvalue weighted by atomic mass is 9.68. The Hall–Kier alpha value is -0.900. The predicted octanol–water partition coefficient (Wildman–Crippen LogP) is 12.1. The van der Waals surface area contributed by atoms with E-state index in [9.17, 15) is 8.78 Å². The molecule has 3 saturated carbocycles. The van der Waals surface area contributed by atoms with E-state index in [0.29, 0.717) is 24.5 Å². The third-order valence-electron chi connectivity index (χ3n) is 11.4. The number of ether oxygens (including phenoxy) is 2. The maximum Gasteiger partial charge on any atom is 0.196 e. The van der Waals surface area contributed by atoms with Crippen LogP contribution in [0.1, 0.15) is 151 Å². The van der Waals surface area contributed by atoms with Crippen molar-refractivity contribution in [2.75, 3.05) is 13.7 Å². The molecule has 4 aliphatic rings. The van der Waals surface area contributed by atoms with Gasteiger partial charge in [-0.1, -0.05) is 59.8 Å². The third kappa shape index (κ3) is 11.2. The SMILES string of the molecule is CCCC1CCC(CC(C)OCC2CCC(C3CCC(CC(C)C)CC3)CC2)C(C)C1.COC1=C(F)C(F)=C(C)CC1. The summed E-state index contributed by atoms with van der Waals surface area (Å²) in [4.78, 5) is 0. The van der Waals surface area contributed by atoms with Crippen molar-refractivity contribution in [3.8, 4) is 0 Å². The molecule has 4 heteroatoms. The second-order valence-electron chi connectivity index (χ2n) is 15.3. The lowest BCUT2D eigenvalue weighted by Crippen LogP contribution is -2.29. The quantitative estimate of drug-likeness (QED) is 0.238. The van der Waals surface area contributed by atoms with E-state index in [1.54, 1.807) is 6.92 Å². The predicted molar refractivity (Wildman–Crippen MR) is 173 cm³/mol. The molecular weight excluding hydrogens is 526 g/mol. The summed E-state index contributed by atoms with van der Waals surface area (Å²) in [6.07, 6.45) is 23.4. The molecule has 4 atom stereocenters. The molecule has 3 fully saturated rings. The normalized spacial score (nSPS) is 33.3. The third-order valence-corrected chi connectivity index (χ3v) is 11.4. The number of rotatable bonds is 11. The van der Waals surface area contributed by atoms with Gasteiger partial charge in [-0.3, -0.25) is 0 Å². The van der Waals surface area contributed by atoms with Crippen molar-refractivity contribution in [1.82, 2.24) is 0 Å². The number of hydrogen-bond donors (Lipinski definition) is 0. The minimum atomic E-state index is -0.837. The summed E-state index contributed by atoms with van der Waals surface area (Å²) < 4.78 is 36.7. The van der Waals surface area contributed by atoms with Crippen molar-refractivity contribution in [1.29, 1.82) is 0 Å². The summed E-state index contributed by atoms with van der Waals surface area (Å²) in [5.41, 5.74) is 0.461. The molecule has 0 radical (unpaired) electrons. The summed E-state index contributed by atoms with van der Waals surface area (Å²) >= 11 is 0. The molecule has 244 valence electrons. The van der Waals surface area contributed by atoms with Gasteiger partial charge in [-0.05, 0) is 137 Å². The molecule has 4 rings (SSSR count). The van der Waals surface area contributed by atoms with E-state index in [-0.39, 0.29) is 5.76 Å². The minimum Gasteiger partial charge on any atom is -0.498 e. The highest BCUT2D eigenvalue weighted by molar-refractivity contribution is 5.30. The van der Waals surface area contributed by atoms with Gasteiger partial charge >= 0.3 is 0 Å². The average molecular weight is 593 g/mol. The van der Waals surface area contributed by atoms with Crippen LogP contribution in [-0.4, -0.2) is 19.8 Å². The molecular formula is C38H66F2O2. The molecule has 4 aliphatic carbocycles. The Bertz CT molecular complexity index is 832. The first-order valence-corrected chi connectivity index (χ1v) is 18.0. The molecule has 0 aromatic carbocycles. The Labute approximate surface area is 258 Å². The first-order valence-electron chi connectivity index (χ1n) is 18.0. The highest BCUT2D eigenvalue weighted by Gasteiger charge is 2.32. The zero-order valence-electron chi connectivity index (χ0n) is 28.5. The van der Waals surface area contributed by atoms with Gasteiger partial charge in [0, 0.05) is 13.0 Å². The second-order valence-corrected chi connectivity index (χ2v) is 15.3. The summed E-state index contributed by atoms with van der Waals surface area (Å²) in [6, 6.07) is 0. The maximum absolute atomic E-state index is 12.8. The van der Waals surface area contributed by atoms with Gasteiger partial charge in [0.2, 0.25) is 0 Å². The van der Waals surface area contributed by atoms with Crippen molar-refractivity contribution in [3.05, 3.63) is 23.0 Å². The van der Waals surface area contributed by atoms with E-state index in [2.05, 4.69) is 39.4 Å².